The Hall–Kier alpha value is -2.98. The minimum atomic E-state index is -0.234. The zero-order valence-electron chi connectivity index (χ0n) is 19.6. The fraction of sp³-hybridized carbons (Fsp3) is 0.345. The molecule has 2 aromatic carbocycles. The molecular weight excluding hydrogens is 413 g/mol. The van der Waals surface area contributed by atoms with E-state index in [0.29, 0.717) is 11.7 Å². The molecule has 0 aliphatic rings. The number of aromatic nitrogens is 1. The van der Waals surface area contributed by atoms with Crippen LogP contribution in [0.5, 0.6) is 5.75 Å². The minimum Gasteiger partial charge on any atom is -0.506 e. The highest BCUT2D eigenvalue weighted by Gasteiger charge is 2.07. The largest absolute Gasteiger partial charge is 0.506 e. The maximum atomic E-state index is 14.8. The summed E-state index contributed by atoms with van der Waals surface area (Å²) < 4.78 is 20.6. The maximum absolute atomic E-state index is 14.8. The van der Waals surface area contributed by atoms with Gasteiger partial charge in [-0.05, 0) is 61.9 Å². The zero-order chi connectivity index (χ0) is 23.5. The Labute approximate surface area is 197 Å². The molecule has 1 atom stereocenters. The van der Waals surface area contributed by atoms with Crippen LogP contribution in [0.1, 0.15) is 57.9 Å². The van der Waals surface area contributed by atoms with Crippen LogP contribution >= 0.6 is 0 Å². The van der Waals surface area contributed by atoms with Crippen molar-refractivity contribution in [2.75, 3.05) is 6.61 Å². The fourth-order valence-electron chi connectivity index (χ4n) is 3.71. The number of aromatic hydroxyl groups is 1. The predicted octanol–water partition coefficient (Wildman–Crippen LogP) is 8.04. The molecule has 0 aliphatic carbocycles. The van der Waals surface area contributed by atoms with E-state index in [1.165, 1.54) is 19.0 Å². The van der Waals surface area contributed by atoms with Gasteiger partial charge in [0.05, 0.1) is 18.0 Å². The minimum absolute atomic E-state index is 0.132. The number of hydrogen-bond acceptors (Lipinski definition) is 3. The second-order valence-electron chi connectivity index (χ2n) is 8.44. The number of unbranched alkanes of at least 4 members (excludes halogenated alkanes) is 3. The van der Waals surface area contributed by atoms with Crippen molar-refractivity contribution in [3.05, 3.63) is 78.3 Å². The molecule has 0 spiro atoms. The van der Waals surface area contributed by atoms with Gasteiger partial charge in [-0.1, -0.05) is 68.3 Å². The number of halogens is 1. The van der Waals surface area contributed by atoms with Gasteiger partial charge in [-0.25, -0.2) is 4.39 Å². The summed E-state index contributed by atoms with van der Waals surface area (Å²) in [5.74, 6) is -0.102. The van der Waals surface area contributed by atoms with E-state index >= 15 is 0 Å². The van der Waals surface area contributed by atoms with Crippen molar-refractivity contribution >= 4 is 6.08 Å². The van der Waals surface area contributed by atoms with E-state index in [1.54, 1.807) is 18.2 Å². The van der Waals surface area contributed by atoms with Crippen LogP contribution in [0.4, 0.5) is 4.39 Å². The summed E-state index contributed by atoms with van der Waals surface area (Å²) in [6, 6.07) is 16.3. The summed E-state index contributed by atoms with van der Waals surface area (Å²) in [5.41, 5.74) is 3.94. The van der Waals surface area contributed by atoms with E-state index in [0.717, 1.165) is 54.7 Å². The molecule has 0 saturated heterocycles. The molecule has 0 fully saturated rings. The molecule has 174 valence electrons. The molecule has 0 saturated carbocycles. The lowest BCUT2D eigenvalue weighted by Gasteiger charge is -2.12. The number of nitrogens with zero attached hydrogens (tertiary/aromatic N) is 1. The number of ether oxygens (including phenoxy) is 1. The van der Waals surface area contributed by atoms with Crippen LogP contribution in [0.25, 0.3) is 28.5 Å². The average Bonchev–Trinajstić information content (AvgIpc) is 2.82. The van der Waals surface area contributed by atoms with Gasteiger partial charge < -0.3 is 9.84 Å². The Kier molecular flexibility index (Phi) is 9.64. The van der Waals surface area contributed by atoms with Crippen molar-refractivity contribution in [1.82, 2.24) is 4.98 Å². The number of hydrogen-bond donors (Lipinski definition) is 1. The lowest BCUT2D eigenvalue weighted by atomic mass is 10.0. The normalized spacial score (nSPS) is 12.3. The molecule has 3 aromatic rings. The molecular formula is C29H34FNO2. The molecule has 0 bridgehead atoms. The average molecular weight is 448 g/mol. The SMILES string of the molecule is CCCCCOC(C)CCCC=Cc1ccc(-c2ccc(-c3ccc(O)cn3)cc2)c(F)c1. The Morgan fingerprint density at radius 1 is 1.00 bits per heavy atom. The Balaban J connectivity index is 1.51. The van der Waals surface area contributed by atoms with Crippen molar-refractivity contribution in [1.29, 1.82) is 0 Å². The topological polar surface area (TPSA) is 42.4 Å². The van der Waals surface area contributed by atoms with Gasteiger partial charge in [-0.3, -0.25) is 4.98 Å². The second-order valence-corrected chi connectivity index (χ2v) is 8.44. The number of allylic oxidation sites excluding steroid dienone is 1. The maximum Gasteiger partial charge on any atom is 0.133 e. The van der Waals surface area contributed by atoms with Crippen molar-refractivity contribution in [3.8, 4) is 28.1 Å². The van der Waals surface area contributed by atoms with Crippen molar-refractivity contribution in [2.45, 2.75) is 58.5 Å². The summed E-state index contributed by atoms with van der Waals surface area (Å²) in [5, 5.41) is 9.38. The fourth-order valence-corrected chi connectivity index (χ4v) is 3.71. The summed E-state index contributed by atoms with van der Waals surface area (Å²) in [7, 11) is 0. The third kappa shape index (κ3) is 7.83. The van der Waals surface area contributed by atoms with E-state index in [9.17, 15) is 9.50 Å². The molecule has 33 heavy (non-hydrogen) atoms. The van der Waals surface area contributed by atoms with Crippen LogP contribution in [0.3, 0.4) is 0 Å². The Bertz CT molecular complexity index is 1010. The standard InChI is InChI=1S/C29H34FNO2/c1-3-4-8-19-33-22(2)9-6-5-7-10-23-11-17-27(28(30)20-23)24-12-14-25(15-13-24)29-18-16-26(32)21-31-29/h7,10-18,20-22,32H,3-6,8-9,19H2,1-2H3. The van der Waals surface area contributed by atoms with Crippen LogP contribution < -0.4 is 0 Å². The Morgan fingerprint density at radius 3 is 2.48 bits per heavy atom. The van der Waals surface area contributed by atoms with Gasteiger partial charge in [0.25, 0.3) is 0 Å². The van der Waals surface area contributed by atoms with Gasteiger partial charge in [0, 0.05) is 17.7 Å². The summed E-state index contributed by atoms with van der Waals surface area (Å²) in [4.78, 5) is 4.21. The van der Waals surface area contributed by atoms with Crippen molar-refractivity contribution in [2.24, 2.45) is 0 Å². The van der Waals surface area contributed by atoms with Gasteiger partial charge >= 0.3 is 0 Å². The van der Waals surface area contributed by atoms with Gasteiger partial charge in [0.15, 0.2) is 0 Å². The highest BCUT2D eigenvalue weighted by Crippen LogP contribution is 2.27. The lowest BCUT2D eigenvalue weighted by Crippen LogP contribution is -2.08. The van der Waals surface area contributed by atoms with Gasteiger partial charge in [-0.2, -0.15) is 0 Å². The predicted molar refractivity (Wildman–Crippen MR) is 135 cm³/mol. The molecule has 3 nitrogen and oxygen atoms in total. The molecule has 0 aliphatic heterocycles. The highest BCUT2D eigenvalue weighted by atomic mass is 19.1. The molecule has 1 aromatic heterocycles. The monoisotopic (exact) mass is 447 g/mol. The van der Waals surface area contributed by atoms with E-state index in [1.807, 2.05) is 42.5 Å². The van der Waals surface area contributed by atoms with Crippen LogP contribution in [0.2, 0.25) is 0 Å². The van der Waals surface area contributed by atoms with Crippen LogP contribution in [0.15, 0.2) is 66.9 Å². The first-order valence-electron chi connectivity index (χ1n) is 11.9. The summed E-state index contributed by atoms with van der Waals surface area (Å²) >= 11 is 0. The molecule has 4 heteroatoms. The number of benzene rings is 2. The van der Waals surface area contributed by atoms with Gasteiger partial charge in [0.1, 0.15) is 11.6 Å². The number of pyridine rings is 1. The van der Waals surface area contributed by atoms with E-state index in [-0.39, 0.29) is 11.6 Å². The molecule has 3 rings (SSSR count). The van der Waals surface area contributed by atoms with Crippen LogP contribution in [-0.4, -0.2) is 22.8 Å². The van der Waals surface area contributed by atoms with Gasteiger partial charge in [0.2, 0.25) is 0 Å². The molecule has 0 radical (unpaired) electrons. The third-order valence-electron chi connectivity index (χ3n) is 5.67. The molecule has 1 unspecified atom stereocenters. The first-order valence-corrected chi connectivity index (χ1v) is 11.9. The summed E-state index contributed by atoms with van der Waals surface area (Å²) in [6.45, 7) is 5.19. The van der Waals surface area contributed by atoms with Crippen LogP contribution in [-0.2, 0) is 4.74 Å². The third-order valence-corrected chi connectivity index (χ3v) is 5.67. The first-order chi connectivity index (χ1) is 16.1. The summed E-state index contributed by atoms with van der Waals surface area (Å²) in [6.07, 6.45) is 12.5. The molecule has 1 N–H and O–H groups in total. The first kappa shape index (κ1) is 24.7. The van der Waals surface area contributed by atoms with Crippen molar-refractivity contribution in [3.63, 3.8) is 0 Å². The van der Waals surface area contributed by atoms with E-state index < -0.39 is 0 Å². The molecule has 0 amide bonds. The number of rotatable bonds is 12. The van der Waals surface area contributed by atoms with E-state index in [2.05, 4.69) is 24.9 Å². The zero-order valence-corrected chi connectivity index (χ0v) is 19.6. The Morgan fingerprint density at radius 2 is 1.79 bits per heavy atom. The second kappa shape index (κ2) is 12.9. The highest BCUT2D eigenvalue weighted by molar-refractivity contribution is 5.70. The van der Waals surface area contributed by atoms with Crippen molar-refractivity contribution < 1.29 is 14.2 Å². The lowest BCUT2D eigenvalue weighted by molar-refractivity contribution is 0.0566. The van der Waals surface area contributed by atoms with Crippen LogP contribution in [0, 0.1) is 5.82 Å². The molecule has 1 heterocycles. The van der Waals surface area contributed by atoms with E-state index in [4.69, 9.17) is 4.74 Å². The smallest absolute Gasteiger partial charge is 0.133 e. The van der Waals surface area contributed by atoms with Gasteiger partial charge in [-0.15, -0.1) is 0 Å². The quantitative estimate of drug-likeness (QED) is 0.286.